The molecule has 0 atom stereocenters. The van der Waals surface area contributed by atoms with Gasteiger partial charge in [0.15, 0.2) is 0 Å². The van der Waals surface area contributed by atoms with E-state index in [1.165, 1.54) is 58.4 Å². The summed E-state index contributed by atoms with van der Waals surface area (Å²) in [6.45, 7) is 0. The monoisotopic (exact) mass is 693 g/mol. The van der Waals surface area contributed by atoms with E-state index < -0.39 is 0 Å². The second-order valence-corrected chi connectivity index (χ2v) is 14.7. The summed E-state index contributed by atoms with van der Waals surface area (Å²) in [5.74, 6) is 0. The van der Waals surface area contributed by atoms with Gasteiger partial charge in [-0.3, -0.25) is 0 Å². The van der Waals surface area contributed by atoms with Crippen LogP contribution < -0.4 is 4.90 Å². The summed E-state index contributed by atoms with van der Waals surface area (Å²) in [7, 11) is 0. The molecule has 3 heteroatoms. The van der Waals surface area contributed by atoms with Crippen molar-refractivity contribution in [2.75, 3.05) is 4.90 Å². The molecule has 0 aliphatic heterocycles. The van der Waals surface area contributed by atoms with Gasteiger partial charge >= 0.3 is 0 Å². The van der Waals surface area contributed by atoms with Crippen molar-refractivity contribution in [3.63, 3.8) is 0 Å². The fourth-order valence-corrected chi connectivity index (χ4v) is 9.37. The maximum Gasteiger partial charge on any atom is 0.137 e. The zero-order valence-electron chi connectivity index (χ0n) is 28.7. The molecule has 0 aliphatic rings. The molecular weight excluding hydrogens is 663 g/mol. The number of fused-ring (bicyclic) bond motifs is 9. The van der Waals surface area contributed by atoms with Crippen LogP contribution in [0.2, 0.25) is 0 Å². The first kappa shape index (κ1) is 30.0. The van der Waals surface area contributed by atoms with Gasteiger partial charge in [0, 0.05) is 48.4 Å². The summed E-state index contributed by atoms with van der Waals surface area (Å²) in [6, 6.07) is 67.9. The maximum absolute atomic E-state index is 6.70. The third-order valence-electron chi connectivity index (χ3n) is 10.6. The highest BCUT2D eigenvalue weighted by Gasteiger charge is 2.22. The number of rotatable bonds is 5. The van der Waals surface area contributed by atoms with Crippen molar-refractivity contribution in [2.24, 2.45) is 0 Å². The lowest BCUT2D eigenvalue weighted by Gasteiger charge is -2.27. The quantitative estimate of drug-likeness (QED) is 0.167. The fourth-order valence-electron chi connectivity index (χ4n) is 8.11. The van der Waals surface area contributed by atoms with Crippen LogP contribution in [0.5, 0.6) is 0 Å². The van der Waals surface area contributed by atoms with Crippen molar-refractivity contribution < 1.29 is 4.42 Å². The molecular formula is C50H31NOS. The van der Waals surface area contributed by atoms with Crippen LogP contribution in [0.3, 0.4) is 0 Å². The van der Waals surface area contributed by atoms with Gasteiger partial charge in [0.1, 0.15) is 11.2 Å². The van der Waals surface area contributed by atoms with Gasteiger partial charge in [-0.25, -0.2) is 0 Å². The Morgan fingerprint density at radius 3 is 1.85 bits per heavy atom. The van der Waals surface area contributed by atoms with Crippen LogP contribution in [-0.4, -0.2) is 0 Å². The van der Waals surface area contributed by atoms with Gasteiger partial charge in [-0.2, -0.15) is 0 Å². The Morgan fingerprint density at radius 2 is 1.02 bits per heavy atom. The van der Waals surface area contributed by atoms with Crippen LogP contribution in [0.4, 0.5) is 17.1 Å². The zero-order valence-corrected chi connectivity index (χ0v) is 29.5. The van der Waals surface area contributed by atoms with Crippen molar-refractivity contribution in [2.45, 2.75) is 0 Å². The summed E-state index contributed by atoms with van der Waals surface area (Å²) in [5, 5.41) is 9.68. The first-order valence-corrected chi connectivity index (χ1v) is 18.8. The standard InChI is InChI=1S/C50H31NOS/c1-3-11-32(12-4-1)36-22-25-41-42-26-24-38(31-47(42)52-46(41)29-36)51(37-23-21-35-20-19-34-15-7-8-16-39(34)44(35)30-37)45-28-27-40(33-13-5-2-6-14-33)50-49(45)43-17-9-10-18-48(43)53-50/h1-31H. The Morgan fingerprint density at radius 1 is 0.396 bits per heavy atom. The van der Waals surface area contributed by atoms with Crippen molar-refractivity contribution in [3.8, 4) is 22.3 Å². The molecule has 0 bridgehead atoms. The third kappa shape index (κ3) is 4.86. The summed E-state index contributed by atoms with van der Waals surface area (Å²) < 4.78 is 9.26. The van der Waals surface area contributed by atoms with E-state index in [-0.39, 0.29) is 0 Å². The molecule has 2 nitrogen and oxygen atoms in total. The molecule has 0 spiro atoms. The smallest absolute Gasteiger partial charge is 0.137 e. The number of hydrogen-bond donors (Lipinski definition) is 0. The first-order chi connectivity index (χ1) is 26.3. The normalized spacial score (nSPS) is 11.8. The summed E-state index contributed by atoms with van der Waals surface area (Å²) in [4.78, 5) is 2.43. The molecule has 11 aromatic rings. The highest BCUT2D eigenvalue weighted by atomic mass is 32.1. The Hall–Kier alpha value is -6.68. The van der Waals surface area contributed by atoms with Crippen LogP contribution in [-0.2, 0) is 0 Å². The second-order valence-electron chi connectivity index (χ2n) is 13.7. The lowest BCUT2D eigenvalue weighted by atomic mass is 9.99. The molecule has 0 aliphatic carbocycles. The summed E-state index contributed by atoms with van der Waals surface area (Å²) in [5.41, 5.74) is 9.83. The Balaban J connectivity index is 1.18. The molecule has 53 heavy (non-hydrogen) atoms. The lowest BCUT2D eigenvalue weighted by molar-refractivity contribution is 0.669. The molecule has 0 amide bonds. The van der Waals surface area contributed by atoms with E-state index >= 15 is 0 Å². The van der Waals surface area contributed by atoms with Gasteiger partial charge in [-0.05, 0) is 92.3 Å². The van der Waals surface area contributed by atoms with Crippen molar-refractivity contribution in [1.82, 2.24) is 0 Å². The van der Waals surface area contributed by atoms with Gasteiger partial charge in [0.2, 0.25) is 0 Å². The fraction of sp³-hybridized carbons (Fsp3) is 0. The van der Waals surface area contributed by atoms with Crippen LogP contribution in [0, 0.1) is 0 Å². The van der Waals surface area contributed by atoms with E-state index in [1.807, 2.05) is 11.3 Å². The van der Waals surface area contributed by atoms with Crippen LogP contribution >= 0.6 is 11.3 Å². The predicted molar refractivity (Wildman–Crippen MR) is 227 cm³/mol. The molecule has 0 unspecified atom stereocenters. The van der Waals surface area contributed by atoms with E-state index in [9.17, 15) is 0 Å². The molecule has 0 radical (unpaired) electrons. The highest BCUT2D eigenvalue weighted by Crippen LogP contribution is 2.49. The predicted octanol–water partition coefficient (Wildman–Crippen LogP) is 15.1. The van der Waals surface area contributed by atoms with E-state index in [4.69, 9.17) is 4.42 Å². The SMILES string of the molecule is c1ccc(-c2ccc3c(c2)oc2cc(N(c4ccc5ccc6ccccc6c5c4)c4ccc(-c5ccccc5)c5sc6ccccc6c45)ccc23)cc1. The molecule has 0 N–H and O–H groups in total. The van der Waals surface area contributed by atoms with Crippen LogP contribution in [0.25, 0.3) is 85.9 Å². The topological polar surface area (TPSA) is 16.4 Å². The van der Waals surface area contributed by atoms with Gasteiger partial charge in [-0.1, -0.05) is 133 Å². The Bertz CT molecular complexity index is 3180. The number of furan rings is 1. The molecule has 11 rings (SSSR count). The van der Waals surface area contributed by atoms with Crippen LogP contribution in [0.15, 0.2) is 192 Å². The molecule has 2 heterocycles. The first-order valence-electron chi connectivity index (χ1n) is 18.0. The van der Waals surface area contributed by atoms with Crippen molar-refractivity contribution >= 4 is 92.1 Å². The molecule has 248 valence electrons. The number of hydrogen-bond acceptors (Lipinski definition) is 3. The number of benzene rings is 9. The molecule has 0 saturated carbocycles. The van der Waals surface area contributed by atoms with Gasteiger partial charge in [0.25, 0.3) is 0 Å². The number of thiophene rings is 1. The maximum atomic E-state index is 6.70. The molecule has 9 aromatic carbocycles. The number of nitrogens with zero attached hydrogens (tertiary/aromatic N) is 1. The lowest BCUT2D eigenvalue weighted by Crippen LogP contribution is -2.10. The zero-order chi connectivity index (χ0) is 34.9. The minimum Gasteiger partial charge on any atom is -0.456 e. The largest absolute Gasteiger partial charge is 0.456 e. The molecule has 2 aromatic heterocycles. The average Bonchev–Trinajstić information content (AvgIpc) is 3.80. The van der Waals surface area contributed by atoms with E-state index in [2.05, 4.69) is 193 Å². The van der Waals surface area contributed by atoms with Gasteiger partial charge in [-0.15, -0.1) is 11.3 Å². The molecule has 0 saturated heterocycles. The van der Waals surface area contributed by atoms with Crippen molar-refractivity contribution in [3.05, 3.63) is 188 Å². The summed E-state index contributed by atoms with van der Waals surface area (Å²) >= 11 is 1.87. The minimum absolute atomic E-state index is 0.867. The average molecular weight is 694 g/mol. The van der Waals surface area contributed by atoms with E-state index in [0.717, 1.165) is 44.6 Å². The Kier molecular flexibility index (Phi) is 6.76. The molecule has 0 fully saturated rings. The van der Waals surface area contributed by atoms with Gasteiger partial charge in [0.05, 0.1) is 5.69 Å². The second kappa shape index (κ2) is 11.9. The summed E-state index contributed by atoms with van der Waals surface area (Å²) in [6.07, 6.45) is 0. The minimum atomic E-state index is 0.867. The number of anilines is 3. The van der Waals surface area contributed by atoms with Crippen LogP contribution in [0.1, 0.15) is 0 Å². The van der Waals surface area contributed by atoms with Gasteiger partial charge < -0.3 is 9.32 Å². The van der Waals surface area contributed by atoms with E-state index in [1.54, 1.807) is 0 Å². The highest BCUT2D eigenvalue weighted by molar-refractivity contribution is 7.26. The third-order valence-corrected chi connectivity index (χ3v) is 11.8. The Labute approximate surface area is 310 Å². The van der Waals surface area contributed by atoms with Crippen molar-refractivity contribution in [1.29, 1.82) is 0 Å². The van der Waals surface area contributed by atoms with E-state index in [0.29, 0.717) is 0 Å².